The molecule has 1 saturated heterocycles. The van der Waals surface area contributed by atoms with E-state index >= 15 is 0 Å². The zero-order valence-electron chi connectivity index (χ0n) is 16.1. The number of carboxylic acid groups (broad SMARTS) is 1. The molecule has 0 aromatic rings. The molecule has 0 aromatic heterocycles. The molecule has 0 saturated carbocycles. The maximum Gasteiger partial charge on any atom is 0.327 e. The van der Waals surface area contributed by atoms with E-state index in [1.165, 1.54) is 18.9 Å². The van der Waals surface area contributed by atoms with Crippen molar-refractivity contribution in [1.82, 2.24) is 0 Å². The first-order valence-electron chi connectivity index (χ1n) is 9.67. The van der Waals surface area contributed by atoms with Crippen LogP contribution in [-0.2, 0) is 9.53 Å². The number of carbonyl (C=O) groups is 1. The predicted molar refractivity (Wildman–Crippen MR) is 101 cm³/mol. The molecule has 25 heavy (non-hydrogen) atoms. The molecule has 144 valence electrons. The van der Waals surface area contributed by atoms with Crippen LogP contribution in [0.2, 0.25) is 0 Å². The number of rotatable bonds is 12. The van der Waals surface area contributed by atoms with Crippen molar-refractivity contribution in [1.29, 1.82) is 0 Å². The number of hydrogen-bond acceptors (Lipinski definition) is 3. The number of hydrogen-bond donors (Lipinski definition) is 2. The van der Waals surface area contributed by atoms with Crippen molar-refractivity contribution in [2.24, 2.45) is 17.3 Å². The second-order valence-electron chi connectivity index (χ2n) is 7.93. The van der Waals surface area contributed by atoms with Crippen LogP contribution in [0.3, 0.4) is 0 Å². The van der Waals surface area contributed by atoms with Gasteiger partial charge in [-0.05, 0) is 49.4 Å². The van der Waals surface area contributed by atoms with Crippen molar-refractivity contribution in [2.45, 2.75) is 71.8 Å². The topological polar surface area (TPSA) is 66.8 Å². The summed E-state index contributed by atoms with van der Waals surface area (Å²) in [4.78, 5) is 10.4. The normalized spacial score (nSPS) is 22.9. The summed E-state index contributed by atoms with van der Waals surface area (Å²) >= 11 is 0. The van der Waals surface area contributed by atoms with Crippen molar-refractivity contribution in [3.63, 3.8) is 0 Å². The van der Waals surface area contributed by atoms with Gasteiger partial charge in [-0.2, -0.15) is 0 Å². The maximum absolute atomic E-state index is 10.6. The quantitative estimate of drug-likeness (QED) is 0.398. The molecule has 0 aliphatic carbocycles. The summed E-state index contributed by atoms with van der Waals surface area (Å²) in [6.07, 6.45) is 13.6. The third kappa shape index (κ3) is 8.68. The SMILES string of the molecule is CCCCC(C)(C)C(O)CC[C@H]1COC[C@H]1CC=CCC=CC(=O)O. The van der Waals surface area contributed by atoms with Gasteiger partial charge in [0.25, 0.3) is 0 Å². The summed E-state index contributed by atoms with van der Waals surface area (Å²) < 4.78 is 5.65. The Morgan fingerprint density at radius 3 is 2.64 bits per heavy atom. The fourth-order valence-corrected chi connectivity index (χ4v) is 3.40. The van der Waals surface area contributed by atoms with Crippen LogP contribution in [0, 0.1) is 17.3 Å². The molecule has 1 fully saturated rings. The summed E-state index contributed by atoms with van der Waals surface area (Å²) in [5.74, 6) is 0.111. The van der Waals surface area contributed by atoms with Gasteiger partial charge < -0.3 is 14.9 Å². The highest BCUT2D eigenvalue weighted by molar-refractivity contribution is 5.79. The van der Waals surface area contributed by atoms with Gasteiger partial charge in [0.1, 0.15) is 0 Å². The Kier molecular flexibility index (Phi) is 10.1. The fraction of sp³-hybridized carbons (Fsp3) is 0.762. The largest absolute Gasteiger partial charge is 0.478 e. The van der Waals surface area contributed by atoms with Crippen LogP contribution in [0.15, 0.2) is 24.3 Å². The Morgan fingerprint density at radius 2 is 1.96 bits per heavy atom. The van der Waals surface area contributed by atoms with Crippen molar-refractivity contribution in [3.05, 3.63) is 24.3 Å². The Labute approximate surface area is 153 Å². The Balaban J connectivity index is 2.35. The molecule has 4 nitrogen and oxygen atoms in total. The minimum absolute atomic E-state index is 0.0126. The molecule has 1 unspecified atom stereocenters. The number of allylic oxidation sites excluding steroid dienone is 3. The molecule has 3 atom stereocenters. The van der Waals surface area contributed by atoms with Crippen molar-refractivity contribution in [2.75, 3.05) is 13.2 Å². The van der Waals surface area contributed by atoms with Crippen LogP contribution in [0.25, 0.3) is 0 Å². The Hall–Kier alpha value is -1.13. The van der Waals surface area contributed by atoms with Gasteiger partial charge in [0.15, 0.2) is 0 Å². The summed E-state index contributed by atoms with van der Waals surface area (Å²) in [5, 5.41) is 19.1. The van der Waals surface area contributed by atoms with Gasteiger partial charge in [0, 0.05) is 12.7 Å². The van der Waals surface area contributed by atoms with E-state index in [4.69, 9.17) is 9.84 Å². The van der Waals surface area contributed by atoms with E-state index < -0.39 is 5.97 Å². The van der Waals surface area contributed by atoms with E-state index in [9.17, 15) is 9.90 Å². The van der Waals surface area contributed by atoms with E-state index in [1.54, 1.807) is 6.08 Å². The second kappa shape index (κ2) is 11.5. The molecular formula is C21H36O4. The predicted octanol–water partition coefficient (Wildman–Crippen LogP) is 4.58. The molecule has 0 spiro atoms. The third-order valence-electron chi connectivity index (χ3n) is 5.36. The van der Waals surface area contributed by atoms with Crippen molar-refractivity contribution in [3.8, 4) is 0 Å². The molecule has 0 aromatic carbocycles. The summed E-state index contributed by atoms with van der Waals surface area (Å²) in [5.41, 5.74) is -0.0126. The first kappa shape index (κ1) is 21.9. The highest BCUT2D eigenvalue weighted by Crippen LogP contribution is 2.34. The van der Waals surface area contributed by atoms with Crippen LogP contribution in [0.5, 0.6) is 0 Å². The van der Waals surface area contributed by atoms with Gasteiger partial charge in [-0.25, -0.2) is 4.79 Å². The van der Waals surface area contributed by atoms with Gasteiger partial charge in [-0.1, -0.05) is 51.8 Å². The molecule has 0 bridgehead atoms. The van der Waals surface area contributed by atoms with Crippen LogP contribution >= 0.6 is 0 Å². The van der Waals surface area contributed by atoms with E-state index in [1.807, 2.05) is 6.08 Å². The maximum atomic E-state index is 10.6. The van der Waals surface area contributed by atoms with Gasteiger partial charge in [-0.3, -0.25) is 0 Å². The highest BCUT2D eigenvalue weighted by atomic mass is 16.5. The molecule has 1 aliphatic heterocycles. The smallest absolute Gasteiger partial charge is 0.327 e. The summed E-state index contributed by atoms with van der Waals surface area (Å²) in [7, 11) is 0. The lowest BCUT2D eigenvalue weighted by molar-refractivity contribution is -0.131. The van der Waals surface area contributed by atoms with Gasteiger partial charge in [0.2, 0.25) is 0 Å². The zero-order valence-corrected chi connectivity index (χ0v) is 16.1. The second-order valence-corrected chi connectivity index (χ2v) is 7.93. The number of ether oxygens (including phenoxy) is 1. The van der Waals surface area contributed by atoms with Gasteiger partial charge in [-0.15, -0.1) is 0 Å². The van der Waals surface area contributed by atoms with Crippen LogP contribution < -0.4 is 0 Å². The van der Waals surface area contributed by atoms with E-state index in [0.29, 0.717) is 18.3 Å². The number of aliphatic carboxylic acids is 1. The van der Waals surface area contributed by atoms with Crippen LogP contribution in [0.4, 0.5) is 0 Å². The average Bonchev–Trinajstić information content (AvgIpc) is 3.01. The molecule has 1 aliphatic rings. The number of aliphatic hydroxyl groups is 1. The average molecular weight is 353 g/mol. The van der Waals surface area contributed by atoms with Crippen LogP contribution in [0.1, 0.15) is 65.7 Å². The molecule has 4 heteroatoms. The van der Waals surface area contributed by atoms with Crippen LogP contribution in [-0.4, -0.2) is 35.5 Å². The van der Waals surface area contributed by atoms with Crippen molar-refractivity contribution < 1.29 is 19.7 Å². The minimum Gasteiger partial charge on any atom is -0.478 e. The van der Waals surface area contributed by atoms with E-state index in [0.717, 1.165) is 38.9 Å². The van der Waals surface area contributed by atoms with E-state index in [-0.39, 0.29) is 11.5 Å². The minimum atomic E-state index is -0.905. The standard InChI is InChI=1S/C21H36O4/c1-4-5-14-21(2,3)19(22)13-12-18-16-25-15-17(18)10-8-6-7-9-11-20(23)24/h6,8-9,11,17-19,22H,4-5,7,10,12-16H2,1-3H3,(H,23,24)/t17-,18+,19?/m1/s1. The van der Waals surface area contributed by atoms with Gasteiger partial charge >= 0.3 is 5.97 Å². The first-order chi connectivity index (χ1) is 11.9. The lowest BCUT2D eigenvalue weighted by Gasteiger charge is -2.31. The Morgan fingerprint density at radius 1 is 1.24 bits per heavy atom. The highest BCUT2D eigenvalue weighted by Gasteiger charge is 2.31. The first-order valence-corrected chi connectivity index (χ1v) is 9.67. The lowest BCUT2D eigenvalue weighted by atomic mass is 9.78. The zero-order chi connectivity index (χ0) is 18.7. The number of unbranched alkanes of at least 4 members (excludes halogenated alkanes) is 1. The molecule has 2 N–H and O–H groups in total. The van der Waals surface area contributed by atoms with E-state index in [2.05, 4.69) is 26.8 Å². The molecular weight excluding hydrogens is 316 g/mol. The number of aliphatic hydroxyl groups excluding tert-OH is 1. The Bertz CT molecular complexity index is 439. The summed E-state index contributed by atoms with van der Waals surface area (Å²) in [6, 6.07) is 0. The fourth-order valence-electron chi connectivity index (χ4n) is 3.40. The molecule has 0 radical (unpaired) electrons. The third-order valence-corrected chi connectivity index (χ3v) is 5.36. The molecule has 1 rings (SSSR count). The summed E-state index contributed by atoms with van der Waals surface area (Å²) in [6.45, 7) is 8.11. The monoisotopic (exact) mass is 352 g/mol. The molecule has 0 amide bonds. The van der Waals surface area contributed by atoms with Gasteiger partial charge in [0.05, 0.1) is 12.7 Å². The lowest BCUT2D eigenvalue weighted by Crippen LogP contribution is -2.30. The van der Waals surface area contributed by atoms with Crippen molar-refractivity contribution >= 4 is 5.97 Å². The molecule has 1 heterocycles. The number of carboxylic acids is 1.